The minimum absolute atomic E-state index is 0.233. The van der Waals surface area contributed by atoms with Crippen molar-refractivity contribution in [1.82, 2.24) is 14.7 Å². The number of methoxy groups -OCH3 is 1. The number of hydrogen-bond donors (Lipinski definition) is 2. The molecule has 0 aliphatic rings. The van der Waals surface area contributed by atoms with Crippen LogP contribution < -0.4 is 21.2 Å². The van der Waals surface area contributed by atoms with Crippen LogP contribution in [0.2, 0.25) is 0 Å². The molecule has 8 nitrogen and oxygen atoms in total. The summed E-state index contributed by atoms with van der Waals surface area (Å²) < 4.78 is 8.04. The van der Waals surface area contributed by atoms with Gasteiger partial charge in [0.05, 0.1) is 6.54 Å². The average molecular weight is 368 g/mol. The zero-order valence-corrected chi connectivity index (χ0v) is 15.1. The van der Waals surface area contributed by atoms with E-state index in [1.807, 2.05) is 0 Å². The van der Waals surface area contributed by atoms with Crippen LogP contribution >= 0.6 is 0 Å². The van der Waals surface area contributed by atoms with E-state index in [1.165, 1.54) is 10.5 Å². The second-order valence-electron chi connectivity index (χ2n) is 6.03. The Balaban J connectivity index is 2.17. The Morgan fingerprint density at radius 2 is 2.30 bits per heavy atom. The number of nitrogens with one attached hydrogen (secondary N) is 1. The first-order valence-electron chi connectivity index (χ1n) is 8.60. The highest BCUT2D eigenvalue weighted by Crippen LogP contribution is 2.14. The third-order valence-electron chi connectivity index (χ3n) is 4.23. The minimum Gasteiger partial charge on any atom is -0.385 e. The fourth-order valence-electron chi connectivity index (χ4n) is 2.91. The van der Waals surface area contributed by atoms with E-state index in [4.69, 9.17) is 10.5 Å². The molecule has 140 valence electrons. The van der Waals surface area contributed by atoms with Crippen LogP contribution in [0.3, 0.4) is 0 Å². The van der Waals surface area contributed by atoms with Crippen molar-refractivity contribution < 1.29 is 14.1 Å². The summed E-state index contributed by atoms with van der Waals surface area (Å²) in [5.41, 5.74) is 7.13. The number of carbonyl (C=O) groups excluding carboxylic acids is 1. The van der Waals surface area contributed by atoms with Gasteiger partial charge in [0.25, 0.3) is 17.1 Å². The number of nitrogens with zero attached hydrogens (tertiary/aromatic N) is 3. The molecule has 8 heteroatoms. The van der Waals surface area contributed by atoms with E-state index in [-0.39, 0.29) is 22.8 Å². The molecule has 1 amide bonds. The number of carbonyl (C=O) groups is 1. The van der Waals surface area contributed by atoms with Crippen LogP contribution in [-0.2, 0) is 11.3 Å². The highest BCUT2D eigenvalue weighted by Gasteiger charge is 2.23. The fraction of sp³-hybridized carbons (Fsp3) is 0.263. The standard InChI is InChI=1S/C19H21N5O3/c1-3-9-24-16(20)13(18(25)21-8-6-11-27-2)12-14-17(24)22-15-7-4-5-10-23(15)19(14)26/h3-5,7,10,12,20H,1,6,8-9,11H2,2H3,(H,21,25)/p+1. The van der Waals surface area contributed by atoms with Crippen LogP contribution in [0.15, 0.2) is 47.9 Å². The Bertz CT molecular complexity index is 1070. The summed E-state index contributed by atoms with van der Waals surface area (Å²) >= 11 is 0. The van der Waals surface area contributed by atoms with Crippen LogP contribution in [0.1, 0.15) is 16.8 Å². The topological polar surface area (TPSA) is 103 Å². The summed E-state index contributed by atoms with van der Waals surface area (Å²) in [7, 11) is 1.60. The van der Waals surface area contributed by atoms with Gasteiger partial charge in [-0.3, -0.25) is 14.0 Å². The van der Waals surface area contributed by atoms with Crippen LogP contribution in [0.25, 0.3) is 16.7 Å². The molecule has 3 rings (SSSR count). The van der Waals surface area contributed by atoms with Crippen LogP contribution in [0, 0.1) is 0 Å². The number of amides is 1. The van der Waals surface area contributed by atoms with Crippen molar-refractivity contribution in [3.63, 3.8) is 0 Å². The van der Waals surface area contributed by atoms with E-state index in [1.54, 1.807) is 42.1 Å². The van der Waals surface area contributed by atoms with Gasteiger partial charge in [0.1, 0.15) is 10.9 Å². The maximum absolute atomic E-state index is 12.9. The van der Waals surface area contributed by atoms with Crippen molar-refractivity contribution in [2.75, 3.05) is 26.0 Å². The summed E-state index contributed by atoms with van der Waals surface area (Å²) in [6.45, 7) is 5.04. The molecule has 3 N–H and O–H groups in total. The van der Waals surface area contributed by atoms with Crippen LogP contribution in [0.4, 0.5) is 5.82 Å². The minimum atomic E-state index is -0.346. The summed E-state index contributed by atoms with van der Waals surface area (Å²) in [4.78, 5) is 30.1. The lowest BCUT2D eigenvalue weighted by atomic mass is 10.1. The highest BCUT2D eigenvalue weighted by atomic mass is 16.5. The van der Waals surface area contributed by atoms with Crippen molar-refractivity contribution >= 4 is 28.4 Å². The van der Waals surface area contributed by atoms with E-state index in [9.17, 15) is 9.59 Å². The van der Waals surface area contributed by atoms with Gasteiger partial charge in [-0.05, 0) is 24.6 Å². The Morgan fingerprint density at radius 3 is 3.04 bits per heavy atom. The lowest BCUT2D eigenvalue weighted by molar-refractivity contribution is -0.648. The molecule has 0 aliphatic carbocycles. The SMILES string of the molecule is C=CC[n+]1c(N)c(C(=O)NCCCOC)cc2c(=O)n3ccccc3nc21. The molecule has 3 aromatic heterocycles. The fourth-order valence-corrected chi connectivity index (χ4v) is 2.91. The molecule has 0 aromatic carbocycles. The highest BCUT2D eigenvalue weighted by molar-refractivity contribution is 6.00. The third-order valence-corrected chi connectivity index (χ3v) is 4.23. The Labute approximate surface area is 155 Å². The Hall–Kier alpha value is -3.26. The molecular formula is C19H22N5O3+. The largest absolute Gasteiger partial charge is 0.385 e. The number of fused-ring (bicyclic) bond motifs is 2. The van der Waals surface area contributed by atoms with Crippen molar-refractivity contribution in [1.29, 1.82) is 0 Å². The first kappa shape index (κ1) is 18.5. The smallest absolute Gasteiger partial charge is 0.278 e. The van der Waals surface area contributed by atoms with Gasteiger partial charge in [-0.2, -0.15) is 0 Å². The zero-order chi connectivity index (χ0) is 19.4. The lowest BCUT2D eigenvalue weighted by Crippen LogP contribution is -2.42. The lowest BCUT2D eigenvalue weighted by Gasteiger charge is -2.11. The number of nitrogens with two attached hydrogens (primary N) is 1. The summed E-state index contributed by atoms with van der Waals surface area (Å²) in [6.07, 6.45) is 3.96. The molecule has 3 aromatic rings. The maximum Gasteiger partial charge on any atom is 0.278 e. The van der Waals surface area contributed by atoms with Gasteiger partial charge in [0.2, 0.25) is 11.5 Å². The third kappa shape index (κ3) is 3.52. The number of pyridine rings is 2. The van der Waals surface area contributed by atoms with E-state index in [0.29, 0.717) is 42.8 Å². The van der Waals surface area contributed by atoms with Crippen LogP contribution in [0.5, 0.6) is 0 Å². The predicted octanol–water partition coefficient (Wildman–Crippen LogP) is 0.670. The van der Waals surface area contributed by atoms with E-state index < -0.39 is 0 Å². The molecular weight excluding hydrogens is 346 g/mol. The van der Waals surface area contributed by atoms with Crippen molar-refractivity contribution in [3.8, 4) is 0 Å². The summed E-state index contributed by atoms with van der Waals surface area (Å²) in [5, 5.41) is 3.11. The molecule has 0 aliphatic heterocycles. The molecule has 0 spiro atoms. The molecule has 0 saturated carbocycles. The van der Waals surface area contributed by atoms with Gasteiger partial charge in [-0.15, -0.1) is 0 Å². The van der Waals surface area contributed by atoms with Crippen LogP contribution in [-0.4, -0.2) is 35.6 Å². The second-order valence-corrected chi connectivity index (χ2v) is 6.03. The average Bonchev–Trinajstić information content (AvgIpc) is 2.67. The van der Waals surface area contributed by atoms with Crippen molar-refractivity contribution in [3.05, 3.63) is 59.0 Å². The van der Waals surface area contributed by atoms with Gasteiger partial charge in [-0.1, -0.05) is 23.7 Å². The second kappa shape index (κ2) is 7.96. The van der Waals surface area contributed by atoms with Gasteiger partial charge >= 0.3 is 0 Å². The molecule has 0 saturated heterocycles. The number of allylic oxidation sites excluding steroid dienone is 1. The number of rotatable bonds is 7. The normalized spacial score (nSPS) is 11.0. The van der Waals surface area contributed by atoms with Crippen molar-refractivity contribution in [2.24, 2.45) is 0 Å². The molecule has 0 unspecified atom stereocenters. The number of aromatic nitrogens is 3. The molecule has 0 atom stereocenters. The number of nitrogen functional groups attached to an aromatic ring is 1. The maximum atomic E-state index is 12.9. The van der Waals surface area contributed by atoms with E-state index in [2.05, 4.69) is 16.9 Å². The molecule has 27 heavy (non-hydrogen) atoms. The zero-order valence-electron chi connectivity index (χ0n) is 15.1. The van der Waals surface area contributed by atoms with E-state index in [0.717, 1.165) is 0 Å². The van der Waals surface area contributed by atoms with E-state index >= 15 is 0 Å². The molecule has 3 heterocycles. The first-order valence-corrected chi connectivity index (χ1v) is 8.60. The summed E-state index contributed by atoms with van der Waals surface area (Å²) in [5.74, 6) is -0.111. The predicted molar refractivity (Wildman–Crippen MR) is 103 cm³/mol. The molecule has 0 radical (unpaired) electrons. The molecule has 0 fully saturated rings. The Morgan fingerprint density at radius 1 is 1.48 bits per heavy atom. The van der Waals surface area contributed by atoms with Gasteiger partial charge in [0, 0.05) is 26.5 Å². The van der Waals surface area contributed by atoms with Gasteiger partial charge in [-0.25, -0.2) is 4.57 Å². The van der Waals surface area contributed by atoms with Crippen molar-refractivity contribution in [2.45, 2.75) is 13.0 Å². The van der Waals surface area contributed by atoms with Gasteiger partial charge < -0.3 is 15.8 Å². The quantitative estimate of drug-likeness (QED) is 0.276. The number of hydrogen-bond acceptors (Lipinski definition) is 5. The van der Waals surface area contributed by atoms with Gasteiger partial charge in [0.15, 0.2) is 0 Å². The Kier molecular flexibility index (Phi) is 5.46. The summed E-state index contributed by atoms with van der Waals surface area (Å²) in [6, 6.07) is 6.80. The number of ether oxygens (including phenoxy) is 1. The first-order chi connectivity index (χ1) is 13.1. The molecule has 0 bridgehead atoms. The number of anilines is 1. The monoisotopic (exact) mass is 368 g/mol.